The highest BCUT2D eigenvalue weighted by molar-refractivity contribution is 7.92. The Bertz CT molecular complexity index is 1390. The predicted octanol–water partition coefficient (Wildman–Crippen LogP) is 4.64. The lowest BCUT2D eigenvalue weighted by Gasteiger charge is -2.10. The van der Waals surface area contributed by atoms with Gasteiger partial charge < -0.3 is 10.3 Å². The molecule has 0 saturated heterocycles. The van der Waals surface area contributed by atoms with Crippen molar-refractivity contribution in [3.63, 3.8) is 0 Å². The summed E-state index contributed by atoms with van der Waals surface area (Å²) in [6, 6.07) is 15.5. The molecule has 4 aromatic rings. The Morgan fingerprint density at radius 3 is 2.62 bits per heavy atom. The molecule has 0 aliphatic rings. The normalized spacial score (nSPS) is 11.4. The van der Waals surface area contributed by atoms with Crippen molar-refractivity contribution in [3.05, 3.63) is 88.2 Å². The van der Waals surface area contributed by atoms with Crippen LogP contribution in [0.2, 0.25) is 10.0 Å². The number of hydrogen-bond acceptors (Lipinski definition) is 4. The highest BCUT2D eigenvalue weighted by Crippen LogP contribution is 2.28. The third kappa shape index (κ3) is 4.88. The van der Waals surface area contributed by atoms with E-state index in [1.807, 2.05) is 30.3 Å². The van der Waals surface area contributed by atoms with E-state index in [1.165, 1.54) is 24.4 Å². The van der Waals surface area contributed by atoms with Crippen LogP contribution in [0, 0.1) is 0 Å². The summed E-state index contributed by atoms with van der Waals surface area (Å²) in [6.07, 6.45) is 3.59. The molecule has 2 aromatic heterocycles. The average Bonchev–Trinajstić information content (AvgIpc) is 3.19. The number of amides is 1. The van der Waals surface area contributed by atoms with Gasteiger partial charge in [0.15, 0.2) is 0 Å². The molecule has 32 heavy (non-hydrogen) atoms. The minimum absolute atomic E-state index is 0.0380. The molecule has 0 aliphatic carbocycles. The number of aromatic nitrogens is 2. The average molecular weight is 489 g/mol. The Morgan fingerprint density at radius 1 is 1.06 bits per heavy atom. The van der Waals surface area contributed by atoms with Crippen LogP contribution < -0.4 is 10.0 Å². The number of carbonyl (C=O) groups excluding carboxylic acids is 1. The summed E-state index contributed by atoms with van der Waals surface area (Å²) in [7, 11) is -4.01. The van der Waals surface area contributed by atoms with Crippen molar-refractivity contribution in [1.82, 2.24) is 15.3 Å². The molecule has 0 saturated carbocycles. The van der Waals surface area contributed by atoms with Gasteiger partial charge in [0, 0.05) is 23.2 Å². The maximum absolute atomic E-state index is 12.8. The molecule has 0 atom stereocenters. The van der Waals surface area contributed by atoms with Crippen LogP contribution in [0.4, 0.5) is 5.69 Å². The van der Waals surface area contributed by atoms with Gasteiger partial charge in [0.05, 0.1) is 22.5 Å². The first-order valence-electron chi connectivity index (χ1n) is 9.60. The summed E-state index contributed by atoms with van der Waals surface area (Å²) >= 11 is 11.9. The number of sulfonamides is 1. The Labute approximate surface area is 194 Å². The number of hydrogen-bond donors (Lipinski definition) is 3. The summed E-state index contributed by atoms with van der Waals surface area (Å²) < 4.78 is 28.0. The molecule has 0 aliphatic heterocycles. The van der Waals surface area contributed by atoms with Crippen molar-refractivity contribution >= 4 is 55.9 Å². The van der Waals surface area contributed by atoms with E-state index < -0.39 is 10.0 Å². The molecule has 4 rings (SSSR count). The van der Waals surface area contributed by atoms with Crippen molar-refractivity contribution in [2.24, 2.45) is 0 Å². The molecular formula is C22H18Cl2N4O3S. The molecule has 0 unspecified atom stereocenters. The first-order valence-corrected chi connectivity index (χ1v) is 11.8. The fraction of sp³-hybridized carbons (Fsp3) is 0.0909. The number of carbonyl (C=O) groups is 1. The van der Waals surface area contributed by atoms with Gasteiger partial charge in [-0.15, -0.1) is 0 Å². The summed E-state index contributed by atoms with van der Waals surface area (Å²) in [6.45, 7) is 0.461. The fourth-order valence-electron chi connectivity index (χ4n) is 3.20. The van der Waals surface area contributed by atoms with E-state index in [0.29, 0.717) is 29.6 Å². The number of aromatic amines is 1. The van der Waals surface area contributed by atoms with E-state index >= 15 is 0 Å². The van der Waals surface area contributed by atoms with Crippen molar-refractivity contribution in [2.45, 2.75) is 11.3 Å². The molecule has 2 heterocycles. The van der Waals surface area contributed by atoms with Crippen molar-refractivity contribution in [2.75, 3.05) is 11.3 Å². The molecular weight excluding hydrogens is 471 g/mol. The smallest absolute Gasteiger partial charge is 0.263 e. The summed E-state index contributed by atoms with van der Waals surface area (Å²) in [5, 5.41) is 3.64. The van der Waals surface area contributed by atoms with Gasteiger partial charge in [0.2, 0.25) is 0 Å². The van der Waals surface area contributed by atoms with Crippen LogP contribution in [0.3, 0.4) is 0 Å². The van der Waals surface area contributed by atoms with E-state index in [4.69, 9.17) is 23.2 Å². The molecule has 7 nitrogen and oxygen atoms in total. The van der Waals surface area contributed by atoms with Gasteiger partial charge in [-0.1, -0.05) is 53.5 Å². The molecule has 0 fully saturated rings. The Balaban J connectivity index is 1.53. The van der Waals surface area contributed by atoms with E-state index in [9.17, 15) is 13.2 Å². The second-order valence-corrected chi connectivity index (χ2v) is 9.49. The van der Waals surface area contributed by atoms with Gasteiger partial charge >= 0.3 is 0 Å². The van der Waals surface area contributed by atoms with Crippen molar-refractivity contribution in [3.8, 4) is 0 Å². The zero-order chi connectivity index (χ0) is 22.7. The van der Waals surface area contributed by atoms with E-state index in [0.717, 1.165) is 5.56 Å². The second kappa shape index (κ2) is 9.20. The number of nitrogens with zero attached hydrogens (tertiary/aromatic N) is 1. The maximum Gasteiger partial charge on any atom is 0.263 e. The van der Waals surface area contributed by atoms with Crippen LogP contribution in [-0.4, -0.2) is 30.8 Å². The van der Waals surface area contributed by atoms with Crippen LogP contribution in [0.25, 0.3) is 11.0 Å². The monoisotopic (exact) mass is 488 g/mol. The minimum atomic E-state index is -4.01. The molecule has 0 bridgehead atoms. The fourth-order valence-corrected chi connectivity index (χ4v) is 5.00. The summed E-state index contributed by atoms with van der Waals surface area (Å²) in [4.78, 5) is 19.7. The van der Waals surface area contributed by atoms with Gasteiger partial charge in [-0.25, -0.2) is 13.4 Å². The number of pyridine rings is 1. The van der Waals surface area contributed by atoms with E-state index in [-0.39, 0.29) is 26.5 Å². The number of nitrogens with one attached hydrogen (secondary N) is 3. The van der Waals surface area contributed by atoms with Crippen LogP contribution in [0.1, 0.15) is 15.9 Å². The number of rotatable bonds is 7. The van der Waals surface area contributed by atoms with Crippen LogP contribution >= 0.6 is 23.2 Å². The number of anilines is 1. The largest absolute Gasteiger partial charge is 0.352 e. The highest BCUT2D eigenvalue weighted by Gasteiger charge is 2.20. The molecule has 164 valence electrons. The summed E-state index contributed by atoms with van der Waals surface area (Å²) in [5.41, 5.74) is 2.13. The predicted molar refractivity (Wildman–Crippen MR) is 126 cm³/mol. The lowest BCUT2D eigenvalue weighted by atomic mass is 10.1. The Hall–Kier alpha value is -3.07. The zero-order valence-corrected chi connectivity index (χ0v) is 18.9. The molecule has 0 radical (unpaired) electrons. The number of fused-ring (bicyclic) bond motifs is 1. The lowest BCUT2D eigenvalue weighted by Crippen LogP contribution is -2.25. The Kier molecular flexibility index (Phi) is 6.36. The van der Waals surface area contributed by atoms with Crippen LogP contribution in [-0.2, 0) is 16.4 Å². The third-order valence-corrected chi connectivity index (χ3v) is 6.85. The zero-order valence-electron chi connectivity index (χ0n) is 16.6. The van der Waals surface area contributed by atoms with Gasteiger partial charge in [-0.3, -0.25) is 9.52 Å². The van der Waals surface area contributed by atoms with Crippen LogP contribution in [0.5, 0.6) is 0 Å². The first-order chi connectivity index (χ1) is 15.3. The van der Waals surface area contributed by atoms with E-state index in [1.54, 1.807) is 12.3 Å². The number of halogens is 2. The molecule has 3 N–H and O–H groups in total. The minimum Gasteiger partial charge on any atom is -0.352 e. The molecule has 0 spiro atoms. The highest BCUT2D eigenvalue weighted by atomic mass is 35.5. The van der Waals surface area contributed by atoms with Gasteiger partial charge in [-0.05, 0) is 36.2 Å². The lowest BCUT2D eigenvalue weighted by molar-refractivity contribution is 0.0956. The van der Waals surface area contributed by atoms with Crippen molar-refractivity contribution < 1.29 is 13.2 Å². The van der Waals surface area contributed by atoms with Gasteiger partial charge in [-0.2, -0.15) is 0 Å². The van der Waals surface area contributed by atoms with E-state index in [2.05, 4.69) is 20.0 Å². The quantitative estimate of drug-likeness (QED) is 0.352. The second-order valence-electron chi connectivity index (χ2n) is 6.99. The standard InChI is InChI=1S/C22H18Cl2N4O3S/c23-15-6-7-19(24)20(10-15)32(30,31)28-16-11-17-18(13-27-21(17)26-12-16)22(29)25-9-8-14-4-2-1-3-5-14/h1-7,10-13,28H,8-9H2,(H,25,29)(H,26,27). The topological polar surface area (TPSA) is 104 Å². The summed E-state index contributed by atoms with van der Waals surface area (Å²) in [5.74, 6) is -0.285. The first kappa shape index (κ1) is 22.1. The number of benzene rings is 2. The van der Waals surface area contributed by atoms with Crippen LogP contribution in [0.15, 0.2) is 71.9 Å². The van der Waals surface area contributed by atoms with Crippen molar-refractivity contribution in [1.29, 1.82) is 0 Å². The molecule has 10 heteroatoms. The molecule has 1 amide bonds. The van der Waals surface area contributed by atoms with Gasteiger partial charge in [0.1, 0.15) is 10.5 Å². The molecule has 2 aromatic carbocycles. The maximum atomic E-state index is 12.8. The third-order valence-electron chi connectivity index (χ3n) is 4.75. The Morgan fingerprint density at radius 2 is 1.84 bits per heavy atom. The SMILES string of the molecule is O=C(NCCc1ccccc1)c1c[nH]c2ncc(NS(=O)(=O)c3cc(Cl)ccc3Cl)cc12. The van der Waals surface area contributed by atoms with Gasteiger partial charge in [0.25, 0.3) is 15.9 Å². The number of H-pyrrole nitrogens is 1.